The average Bonchev–Trinajstić information content (AvgIpc) is 3.47. The number of hydrogen-bond donors (Lipinski definition) is 2. The van der Waals surface area contributed by atoms with Gasteiger partial charge in [-0.05, 0) is 32.6 Å². The summed E-state index contributed by atoms with van der Waals surface area (Å²) in [6.45, 7) is 5.61. The summed E-state index contributed by atoms with van der Waals surface area (Å²) in [5, 5.41) is 7.90. The third-order valence-corrected chi connectivity index (χ3v) is 6.27. The molecule has 0 spiro atoms. The summed E-state index contributed by atoms with van der Waals surface area (Å²) in [4.78, 5) is 22.1. The first-order chi connectivity index (χ1) is 14.1. The highest BCUT2D eigenvalue weighted by molar-refractivity contribution is 5.82. The minimum Gasteiger partial charge on any atom is -0.355 e. The number of piperidine rings is 1. The second-order valence-corrected chi connectivity index (χ2v) is 8.41. The molecule has 1 unspecified atom stereocenters. The number of anilines is 1. The molecular weight excluding hydrogens is 370 g/mol. The highest BCUT2D eigenvalue weighted by Crippen LogP contribution is 2.32. The quantitative estimate of drug-likeness (QED) is 0.778. The number of amides is 1. The largest absolute Gasteiger partial charge is 0.355 e. The summed E-state index contributed by atoms with van der Waals surface area (Å²) >= 11 is 0. The lowest BCUT2D eigenvalue weighted by Gasteiger charge is -2.35. The molecule has 9 heteroatoms. The number of likely N-dealkylation sites (tertiary alicyclic amines) is 1. The van der Waals surface area contributed by atoms with Crippen LogP contribution in [0, 0.1) is 6.92 Å². The van der Waals surface area contributed by atoms with Crippen molar-refractivity contribution in [1.29, 1.82) is 0 Å². The first-order valence-corrected chi connectivity index (χ1v) is 10.6. The smallest absolute Gasteiger partial charge is 0.253 e. The zero-order valence-corrected chi connectivity index (χ0v) is 16.9. The van der Waals surface area contributed by atoms with Crippen molar-refractivity contribution >= 4 is 17.4 Å². The average molecular weight is 399 g/mol. The number of rotatable bonds is 3. The van der Waals surface area contributed by atoms with Crippen LogP contribution in [0.3, 0.4) is 0 Å². The number of ether oxygens (including phenoxy) is 1. The Balaban J connectivity index is 1.44. The van der Waals surface area contributed by atoms with Gasteiger partial charge < -0.3 is 20.3 Å². The molecule has 2 aromatic rings. The number of carbonyl (C=O) groups is 1. The molecule has 5 heterocycles. The van der Waals surface area contributed by atoms with E-state index in [1.165, 1.54) is 0 Å². The first kappa shape index (κ1) is 18.8. The second-order valence-electron chi connectivity index (χ2n) is 8.41. The predicted octanol–water partition coefficient (Wildman–Crippen LogP) is 0.575. The van der Waals surface area contributed by atoms with Gasteiger partial charge in [-0.25, -0.2) is 9.50 Å². The molecule has 0 bridgehead atoms. The van der Waals surface area contributed by atoms with Gasteiger partial charge in [0, 0.05) is 50.0 Å². The molecule has 0 aliphatic carbocycles. The van der Waals surface area contributed by atoms with Gasteiger partial charge in [0.15, 0.2) is 11.8 Å². The predicted molar refractivity (Wildman–Crippen MR) is 109 cm³/mol. The standard InChI is InChI=1S/C20H29N7O2/c1-13-10-27-18(23-19(13)25-7-5-14(21)11-25)8-15(24-27)16-4-2-3-6-26(16)20(28)17-9-22-12-29-17/h8,10,14,16-17,22H,2-7,9,11-12,21H2,1H3/t14-,16-,17?/m0/s1. The number of nitrogens with two attached hydrogens (primary N) is 1. The van der Waals surface area contributed by atoms with Crippen LogP contribution in [0.2, 0.25) is 0 Å². The molecule has 29 heavy (non-hydrogen) atoms. The first-order valence-electron chi connectivity index (χ1n) is 10.6. The van der Waals surface area contributed by atoms with Crippen LogP contribution in [-0.2, 0) is 9.53 Å². The molecule has 2 aromatic heterocycles. The van der Waals surface area contributed by atoms with Gasteiger partial charge in [0.2, 0.25) is 0 Å². The number of carbonyl (C=O) groups excluding carboxylic acids is 1. The highest BCUT2D eigenvalue weighted by Gasteiger charge is 2.35. The fourth-order valence-corrected chi connectivity index (χ4v) is 4.74. The summed E-state index contributed by atoms with van der Waals surface area (Å²) in [6, 6.07) is 2.22. The van der Waals surface area contributed by atoms with Gasteiger partial charge in [-0.15, -0.1) is 0 Å². The highest BCUT2D eigenvalue weighted by atomic mass is 16.5. The van der Waals surface area contributed by atoms with Gasteiger partial charge >= 0.3 is 0 Å². The number of aryl methyl sites for hydroxylation is 1. The van der Waals surface area contributed by atoms with Crippen LogP contribution in [0.25, 0.3) is 5.65 Å². The lowest BCUT2D eigenvalue weighted by molar-refractivity contribution is -0.144. The lowest BCUT2D eigenvalue weighted by Crippen LogP contribution is -2.45. The summed E-state index contributed by atoms with van der Waals surface area (Å²) < 4.78 is 7.39. The lowest BCUT2D eigenvalue weighted by atomic mass is 9.98. The Morgan fingerprint density at radius 2 is 2.21 bits per heavy atom. The molecule has 9 nitrogen and oxygen atoms in total. The van der Waals surface area contributed by atoms with Crippen molar-refractivity contribution in [2.45, 2.75) is 50.8 Å². The van der Waals surface area contributed by atoms with E-state index >= 15 is 0 Å². The third kappa shape index (κ3) is 3.47. The Hall–Kier alpha value is -2.23. The normalized spacial score (nSPS) is 27.9. The van der Waals surface area contributed by atoms with E-state index in [0.717, 1.165) is 68.0 Å². The SMILES string of the molecule is Cc1cn2nc([C@@H]3CCCCN3C(=O)C3CNCO3)cc2nc1N1CC[C@H](N)C1. The van der Waals surface area contributed by atoms with Crippen LogP contribution in [0.5, 0.6) is 0 Å². The van der Waals surface area contributed by atoms with Crippen molar-refractivity contribution in [2.24, 2.45) is 5.73 Å². The van der Waals surface area contributed by atoms with E-state index in [0.29, 0.717) is 13.3 Å². The van der Waals surface area contributed by atoms with Gasteiger partial charge in [-0.1, -0.05) is 0 Å². The molecule has 5 rings (SSSR count). The molecule has 3 N–H and O–H groups in total. The topological polar surface area (TPSA) is 101 Å². The Bertz CT molecular complexity index is 908. The van der Waals surface area contributed by atoms with Crippen LogP contribution < -0.4 is 16.0 Å². The molecule has 156 valence electrons. The molecule has 0 saturated carbocycles. The van der Waals surface area contributed by atoms with Crippen molar-refractivity contribution in [3.63, 3.8) is 0 Å². The van der Waals surface area contributed by atoms with Crippen molar-refractivity contribution in [3.05, 3.63) is 23.5 Å². The molecule has 3 aliphatic rings. The van der Waals surface area contributed by atoms with E-state index in [1.807, 2.05) is 21.7 Å². The number of fused-ring (bicyclic) bond motifs is 1. The minimum absolute atomic E-state index is 0.0221. The fourth-order valence-electron chi connectivity index (χ4n) is 4.74. The Labute approximate surface area is 170 Å². The monoisotopic (exact) mass is 399 g/mol. The molecule has 3 atom stereocenters. The van der Waals surface area contributed by atoms with Crippen molar-refractivity contribution in [3.8, 4) is 0 Å². The van der Waals surface area contributed by atoms with Crippen LogP contribution in [0.4, 0.5) is 5.82 Å². The number of hydrogen-bond acceptors (Lipinski definition) is 7. The zero-order chi connectivity index (χ0) is 20.0. The molecule has 3 saturated heterocycles. The Kier molecular flexibility index (Phi) is 4.89. The summed E-state index contributed by atoms with van der Waals surface area (Å²) in [5.74, 6) is 1.05. The fraction of sp³-hybridized carbons (Fsp3) is 0.650. The third-order valence-electron chi connectivity index (χ3n) is 6.27. The van der Waals surface area contributed by atoms with E-state index in [4.69, 9.17) is 20.6 Å². The molecule has 0 radical (unpaired) electrons. The van der Waals surface area contributed by atoms with Gasteiger partial charge in [0.1, 0.15) is 5.82 Å². The Morgan fingerprint density at radius 1 is 1.31 bits per heavy atom. The molecule has 1 amide bonds. The van der Waals surface area contributed by atoms with Gasteiger partial charge in [-0.3, -0.25) is 10.1 Å². The maximum Gasteiger partial charge on any atom is 0.253 e. The van der Waals surface area contributed by atoms with Gasteiger partial charge in [-0.2, -0.15) is 5.10 Å². The van der Waals surface area contributed by atoms with Crippen molar-refractivity contribution in [1.82, 2.24) is 24.8 Å². The zero-order valence-electron chi connectivity index (χ0n) is 16.9. The van der Waals surface area contributed by atoms with Crippen LogP contribution in [0.15, 0.2) is 12.3 Å². The van der Waals surface area contributed by atoms with Crippen LogP contribution in [0.1, 0.15) is 43.0 Å². The van der Waals surface area contributed by atoms with E-state index in [-0.39, 0.29) is 24.1 Å². The maximum absolute atomic E-state index is 13.0. The maximum atomic E-state index is 13.0. The molecule has 0 aromatic carbocycles. The minimum atomic E-state index is -0.390. The van der Waals surface area contributed by atoms with E-state index in [2.05, 4.69) is 17.1 Å². The molecular formula is C20H29N7O2. The van der Waals surface area contributed by atoms with E-state index in [9.17, 15) is 4.79 Å². The van der Waals surface area contributed by atoms with Gasteiger partial charge in [0.05, 0.1) is 18.5 Å². The van der Waals surface area contributed by atoms with Crippen LogP contribution in [-0.4, -0.2) is 70.5 Å². The molecule has 3 aliphatic heterocycles. The van der Waals surface area contributed by atoms with E-state index in [1.54, 1.807) is 0 Å². The van der Waals surface area contributed by atoms with Crippen LogP contribution >= 0.6 is 0 Å². The second kappa shape index (κ2) is 7.55. The van der Waals surface area contributed by atoms with Crippen molar-refractivity contribution < 1.29 is 9.53 Å². The summed E-state index contributed by atoms with van der Waals surface area (Å²) in [7, 11) is 0. The van der Waals surface area contributed by atoms with Crippen molar-refractivity contribution in [2.75, 3.05) is 37.8 Å². The van der Waals surface area contributed by atoms with Gasteiger partial charge in [0.25, 0.3) is 5.91 Å². The number of aromatic nitrogens is 3. The number of nitrogens with one attached hydrogen (secondary N) is 1. The molecule has 3 fully saturated rings. The number of nitrogens with zero attached hydrogens (tertiary/aromatic N) is 5. The summed E-state index contributed by atoms with van der Waals surface area (Å²) in [5.41, 5.74) is 8.90. The summed E-state index contributed by atoms with van der Waals surface area (Å²) in [6.07, 6.45) is 5.67. The Morgan fingerprint density at radius 3 is 2.97 bits per heavy atom. The van der Waals surface area contributed by atoms with E-state index < -0.39 is 0 Å².